The minimum absolute atomic E-state index is 0.0895. The average molecular weight is 288 g/mol. The van der Waals surface area contributed by atoms with Crippen molar-refractivity contribution in [2.45, 2.75) is 64.3 Å². The Morgan fingerprint density at radius 1 is 1.29 bits per heavy atom. The summed E-state index contributed by atoms with van der Waals surface area (Å²) >= 11 is 0. The Morgan fingerprint density at radius 3 is 2.71 bits per heavy atom. The van der Waals surface area contributed by atoms with Gasteiger partial charge in [-0.1, -0.05) is 6.07 Å². The second-order valence-electron chi connectivity index (χ2n) is 7.10. The van der Waals surface area contributed by atoms with E-state index >= 15 is 0 Å². The summed E-state index contributed by atoms with van der Waals surface area (Å²) in [7, 11) is 0. The van der Waals surface area contributed by atoms with Gasteiger partial charge >= 0.3 is 0 Å². The Hall–Kier alpha value is -1.46. The fourth-order valence-electron chi connectivity index (χ4n) is 3.35. The van der Waals surface area contributed by atoms with Gasteiger partial charge in [0.2, 0.25) is 0 Å². The second kappa shape index (κ2) is 4.78. The van der Waals surface area contributed by atoms with Gasteiger partial charge in [-0.3, -0.25) is 4.40 Å². The molecule has 2 aromatic rings. The standard InChI is InChI=1S/C16H24N4O/c1-11(14-19-18-13-8-6-7-9-20(13)14)17-12-10-15(2,3)21-16(12,4)5/h6-9,11-12,17H,10H2,1-5H3. The first-order valence-electron chi connectivity index (χ1n) is 7.54. The van der Waals surface area contributed by atoms with Gasteiger partial charge in [0.05, 0.1) is 17.2 Å². The molecule has 0 amide bonds. The molecule has 0 aliphatic carbocycles. The maximum atomic E-state index is 6.15. The lowest BCUT2D eigenvalue weighted by Gasteiger charge is -2.29. The van der Waals surface area contributed by atoms with Crippen molar-refractivity contribution < 1.29 is 4.74 Å². The van der Waals surface area contributed by atoms with Crippen molar-refractivity contribution in [1.82, 2.24) is 19.9 Å². The van der Waals surface area contributed by atoms with Crippen LogP contribution >= 0.6 is 0 Å². The summed E-state index contributed by atoms with van der Waals surface area (Å²) in [4.78, 5) is 0. The summed E-state index contributed by atoms with van der Waals surface area (Å²) in [5.74, 6) is 0.936. The SMILES string of the molecule is CC(NC1CC(C)(C)OC1(C)C)c1nnc2ccccn12. The number of fused-ring (bicyclic) bond motifs is 1. The predicted octanol–water partition coefficient (Wildman–Crippen LogP) is 2.73. The molecule has 1 fully saturated rings. The van der Waals surface area contributed by atoms with E-state index in [2.05, 4.69) is 50.1 Å². The quantitative estimate of drug-likeness (QED) is 0.943. The van der Waals surface area contributed by atoms with Gasteiger partial charge in [-0.25, -0.2) is 0 Å². The molecule has 2 atom stereocenters. The first kappa shape index (κ1) is 14.5. The maximum Gasteiger partial charge on any atom is 0.160 e. The van der Waals surface area contributed by atoms with Crippen LogP contribution in [0.5, 0.6) is 0 Å². The minimum Gasteiger partial charge on any atom is -0.368 e. The number of nitrogens with zero attached hydrogens (tertiary/aromatic N) is 3. The van der Waals surface area contributed by atoms with Gasteiger partial charge in [-0.2, -0.15) is 0 Å². The van der Waals surface area contributed by atoms with Crippen LogP contribution in [0, 0.1) is 0 Å². The number of hydrogen-bond donors (Lipinski definition) is 1. The van der Waals surface area contributed by atoms with Crippen molar-refractivity contribution in [3.05, 3.63) is 30.2 Å². The molecule has 5 nitrogen and oxygen atoms in total. The zero-order valence-corrected chi connectivity index (χ0v) is 13.4. The highest BCUT2D eigenvalue weighted by Gasteiger charge is 2.46. The van der Waals surface area contributed by atoms with Gasteiger partial charge in [-0.05, 0) is 53.2 Å². The highest BCUT2D eigenvalue weighted by atomic mass is 16.5. The van der Waals surface area contributed by atoms with Crippen LogP contribution in [0.25, 0.3) is 5.65 Å². The third kappa shape index (κ3) is 2.68. The van der Waals surface area contributed by atoms with Crippen LogP contribution < -0.4 is 5.32 Å². The van der Waals surface area contributed by atoms with E-state index in [0.717, 1.165) is 17.9 Å². The van der Waals surface area contributed by atoms with Crippen molar-refractivity contribution in [2.24, 2.45) is 0 Å². The Balaban J connectivity index is 1.82. The normalized spacial score (nSPS) is 25.3. The van der Waals surface area contributed by atoms with Crippen LogP contribution in [0.4, 0.5) is 0 Å². The number of pyridine rings is 1. The van der Waals surface area contributed by atoms with Crippen molar-refractivity contribution in [3.8, 4) is 0 Å². The zero-order chi connectivity index (χ0) is 15.3. The minimum atomic E-state index is -0.182. The van der Waals surface area contributed by atoms with Crippen molar-refractivity contribution in [3.63, 3.8) is 0 Å². The van der Waals surface area contributed by atoms with Crippen LogP contribution in [-0.4, -0.2) is 31.8 Å². The monoisotopic (exact) mass is 288 g/mol. The number of hydrogen-bond acceptors (Lipinski definition) is 4. The molecule has 1 saturated heterocycles. The summed E-state index contributed by atoms with van der Waals surface area (Å²) in [5, 5.41) is 12.2. The van der Waals surface area contributed by atoms with Gasteiger partial charge in [0.15, 0.2) is 11.5 Å². The summed E-state index contributed by atoms with van der Waals surface area (Å²) in [5.41, 5.74) is 0.606. The topological polar surface area (TPSA) is 51.5 Å². The highest BCUT2D eigenvalue weighted by Crippen LogP contribution is 2.38. The molecular formula is C16H24N4O. The zero-order valence-electron chi connectivity index (χ0n) is 13.4. The van der Waals surface area contributed by atoms with Crippen molar-refractivity contribution >= 4 is 5.65 Å². The molecule has 0 bridgehead atoms. The summed E-state index contributed by atoms with van der Waals surface area (Å²) in [6, 6.07) is 6.35. The van der Waals surface area contributed by atoms with Crippen molar-refractivity contribution in [2.75, 3.05) is 0 Å². The fourth-order valence-corrected chi connectivity index (χ4v) is 3.35. The lowest BCUT2D eigenvalue weighted by Crippen LogP contribution is -2.44. The van der Waals surface area contributed by atoms with Gasteiger partial charge < -0.3 is 10.1 Å². The van der Waals surface area contributed by atoms with Gasteiger partial charge in [0.25, 0.3) is 0 Å². The smallest absolute Gasteiger partial charge is 0.160 e. The molecule has 0 saturated carbocycles. The Kier molecular flexibility index (Phi) is 3.30. The first-order chi connectivity index (χ1) is 9.78. The molecule has 1 aliphatic heterocycles. The van der Waals surface area contributed by atoms with Crippen LogP contribution in [-0.2, 0) is 4.74 Å². The Labute approximate surface area is 125 Å². The second-order valence-corrected chi connectivity index (χ2v) is 7.10. The lowest BCUT2D eigenvalue weighted by molar-refractivity contribution is -0.0704. The third-order valence-electron chi connectivity index (χ3n) is 4.25. The van der Waals surface area contributed by atoms with E-state index in [1.54, 1.807) is 0 Å². The van der Waals surface area contributed by atoms with E-state index in [1.165, 1.54) is 0 Å². The summed E-state index contributed by atoms with van der Waals surface area (Å²) in [6.07, 6.45) is 2.99. The van der Waals surface area contributed by atoms with E-state index in [4.69, 9.17) is 4.74 Å². The van der Waals surface area contributed by atoms with Gasteiger partial charge in [0, 0.05) is 12.2 Å². The molecule has 5 heteroatoms. The summed E-state index contributed by atoms with van der Waals surface area (Å²) < 4.78 is 8.18. The molecule has 3 rings (SSSR count). The number of aromatic nitrogens is 3. The molecule has 1 N–H and O–H groups in total. The maximum absolute atomic E-state index is 6.15. The van der Waals surface area contributed by atoms with Crippen LogP contribution in [0.1, 0.15) is 52.9 Å². The molecule has 114 valence electrons. The molecule has 21 heavy (non-hydrogen) atoms. The van der Waals surface area contributed by atoms with E-state index in [1.807, 2.05) is 28.8 Å². The lowest BCUT2D eigenvalue weighted by atomic mass is 9.94. The average Bonchev–Trinajstić information content (AvgIpc) is 2.87. The number of ether oxygens (including phenoxy) is 1. The van der Waals surface area contributed by atoms with Gasteiger partial charge in [-0.15, -0.1) is 10.2 Å². The van der Waals surface area contributed by atoms with E-state index in [-0.39, 0.29) is 17.2 Å². The summed E-state index contributed by atoms with van der Waals surface area (Å²) in [6.45, 7) is 10.7. The molecule has 0 spiro atoms. The third-order valence-corrected chi connectivity index (χ3v) is 4.25. The van der Waals surface area contributed by atoms with E-state index in [0.29, 0.717) is 6.04 Å². The van der Waals surface area contributed by atoms with E-state index < -0.39 is 0 Å². The van der Waals surface area contributed by atoms with E-state index in [9.17, 15) is 0 Å². The fraction of sp³-hybridized carbons (Fsp3) is 0.625. The predicted molar refractivity (Wildman–Crippen MR) is 82.2 cm³/mol. The number of nitrogens with one attached hydrogen (secondary N) is 1. The first-order valence-corrected chi connectivity index (χ1v) is 7.54. The van der Waals surface area contributed by atoms with Gasteiger partial charge in [0.1, 0.15) is 0 Å². The van der Waals surface area contributed by atoms with Crippen LogP contribution in [0.3, 0.4) is 0 Å². The largest absolute Gasteiger partial charge is 0.368 e. The van der Waals surface area contributed by atoms with Crippen molar-refractivity contribution in [1.29, 1.82) is 0 Å². The molecule has 0 radical (unpaired) electrons. The van der Waals surface area contributed by atoms with Crippen LogP contribution in [0.15, 0.2) is 24.4 Å². The Bertz CT molecular complexity index is 647. The molecule has 2 unspecified atom stereocenters. The molecular weight excluding hydrogens is 264 g/mol. The molecule has 3 heterocycles. The molecule has 1 aliphatic rings. The van der Waals surface area contributed by atoms with Crippen LogP contribution in [0.2, 0.25) is 0 Å². The molecule has 2 aromatic heterocycles. The highest BCUT2D eigenvalue weighted by molar-refractivity contribution is 5.37. The number of rotatable bonds is 3. The molecule has 0 aromatic carbocycles. The Morgan fingerprint density at radius 2 is 2.05 bits per heavy atom.